The molecule has 0 radical (unpaired) electrons. The standard InChI is InChI=1S/C21H23ClN2O5S/c1-3-9-29-19-15(22)10-14(11-16(19)28-4-2)12-17-20(26)24(21(27)30-17)13-18(25)23-7-5-6-8-23/h3,10-12H,1,4-9,13H2,2H3/b17-12+. The first kappa shape index (κ1) is 22.2. The SMILES string of the molecule is C=CCOc1c(Cl)cc(/C=C2/SC(=O)N(CC(=O)N3CCCC3)C2=O)cc1OCC. The van der Waals surface area contributed by atoms with Crippen molar-refractivity contribution in [3.05, 3.63) is 40.3 Å². The van der Waals surface area contributed by atoms with Crippen LogP contribution in [0.1, 0.15) is 25.3 Å². The van der Waals surface area contributed by atoms with E-state index in [1.807, 2.05) is 6.92 Å². The van der Waals surface area contributed by atoms with Crippen molar-refractivity contribution in [2.45, 2.75) is 19.8 Å². The van der Waals surface area contributed by atoms with Gasteiger partial charge in [0.2, 0.25) is 5.91 Å². The van der Waals surface area contributed by atoms with E-state index in [-0.39, 0.29) is 24.0 Å². The van der Waals surface area contributed by atoms with Crippen LogP contribution in [0.15, 0.2) is 29.7 Å². The van der Waals surface area contributed by atoms with Gasteiger partial charge in [0.05, 0.1) is 16.5 Å². The maximum absolute atomic E-state index is 12.7. The lowest BCUT2D eigenvalue weighted by molar-refractivity contribution is -0.135. The molecule has 160 valence electrons. The van der Waals surface area contributed by atoms with Gasteiger partial charge >= 0.3 is 0 Å². The van der Waals surface area contributed by atoms with E-state index in [2.05, 4.69) is 6.58 Å². The van der Waals surface area contributed by atoms with E-state index >= 15 is 0 Å². The number of carbonyl (C=O) groups is 3. The molecule has 2 saturated heterocycles. The predicted octanol–water partition coefficient (Wildman–Crippen LogP) is 3.96. The fraction of sp³-hybridized carbons (Fsp3) is 0.381. The van der Waals surface area contributed by atoms with Crippen LogP contribution in [0.2, 0.25) is 5.02 Å². The van der Waals surface area contributed by atoms with Crippen molar-refractivity contribution in [1.29, 1.82) is 0 Å². The molecule has 3 amide bonds. The number of thioether (sulfide) groups is 1. The zero-order valence-electron chi connectivity index (χ0n) is 16.7. The predicted molar refractivity (Wildman–Crippen MR) is 117 cm³/mol. The van der Waals surface area contributed by atoms with Crippen LogP contribution in [0.4, 0.5) is 4.79 Å². The van der Waals surface area contributed by atoms with Gasteiger partial charge in [-0.05, 0) is 55.3 Å². The number of nitrogens with zero attached hydrogens (tertiary/aromatic N) is 2. The van der Waals surface area contributed by atoms with Gasteiger partial charge in [0.1, 0.15) is 13.2 Å². The molecule has 3 rings (SSSR count). The monoisotopic (exact) mass is 450 g/mol. The number of halogens is 1. The molecule has 0 unspecified atom stereocenters. The Kier molecular flexibility index (Phi) is 7.44. The van der Waals surface area contributed by atoms with E-state index in [1.165, 1.54) is 0 Å². The van der Waals surface area contributed by atoms with Crippen LogP contribution in [-0.2, 0) is 9.59 Å². The number of hydrogen-bond acceptors (Lipinski definition) is 6. The number of imide groups is 1. The lowest BCUT2D eigenvalue weighted by Gasteiger charge is -2.18. The molecule has 7 nitrogen and oxygen atoms in total. The molecule has 2 aliphatic heterocycles. The topological polar surface area (TPSA) is 76.2 Å². The quantitative estimate of drug-likeness (QED) is 0.440. The van der Waals surface area contributed by atoms with Gasteiger partial charge in [-0.2, -0.15) is 0 Å². The summed E-state index contributed by atoms with van der Waals surface area (Å²) in [7, 11) is 0. The number of ether oxygens (including phenoxy) is 2. The molecule has 0 spiro atoms. The Morgan fingerprint density at radius 1 is 1.27 bits per heavy atom. The zero-order chi connectivity index (χ0) is 21.7. The minimum absolute atomic E-state index is 0.207. The Hall–Kier alpha value is -2.45. The third kappa shape index (κ3) is 4.99. The zero-order valence-corrected chi connectivity index (χ0v) is 18.3. The number of carbonyl (C=O) groups excluding carboxylic acids is 3. The number of hydrogen-bond donors (Lipinski definition) is 0. The summed E-state index contributed by atoms with van der Waals surface area (Å²) in [5.41, 5.74) is 0.589. The first-order valence-electron chi connectivity index (χ1n) is 9.67. The highest BCUT2D eigenvalue weighted by atomic mass is 35.5. The van der Waals surface area contributed by atoms with Gasteiger partial charge in [-0.1, -0.05) is 24.3 Å². The summed E-state index contributed by atoms with van der Waals surface area (Å²) in [5.74, 6) is 0.126. The van der Waals surface area contributed by atoms with E-state index < -0.39 is 11.1 Å². The molecule has 1 aromatic carbocycles. The van der Waals surface area contributed by atoms with Gasteiger partial charge in [0, 0.05) is 13.1 Å². The maximum Gasteiger partial charge on any atom is 0.294 e. The Bertz CT molecular complexity index is 896. The molecule has 0 aliphatic carbocycles. The Balaban J connectivity index is 1.80. The van der Waals surface area contributed by atoms with Crippen LogP contribution in [0, 0.1) is 0 Å². The summed E-state index contributed by atoms with van der Waals surface area (Å²) in [6, 6.07) is 3.32. The molecule has 9 heteroatoms. The van der Waals surface area contributed by atoms with Crippen LogP contribution in [0.5, 0.6) is 11.5 Å². The fourth-order valence-corrected chi connectivity index (χ4v) is 4.32. The van der Waals surface area contributed by atoms with Crippen molar-refractivity contribution in [3.63, 3.8) is 0 Å². The lowest BCUT2D eigenvalue weighted by Crippen LogP contribution is -2.40. The van der Waals surface area contributed by atoms with Gasteiger partial charge in [-0.3, -0.25) is 19.3 Å². The molecule has 2 aliphatic rings. The van der Waals surface area contributed by atoms with Gasteiger partial charge < -0.3 is 14.4 Å². The van der Waals surface area contributed by atoms with Gasteiger partial charge in [0.25, 0.3) is 11.1 Å². The molecule has 1 aromatic rings. The average molecular weight is 451 g/mol. The van der Waals surface area contributed by atoms with E-state index in [4.69, 9.17) is 21.1 Å². The van der Waals surface area contributed by atoms with Crippen molar-refractivity contribution in [2.75, 3.05) is 32.8 Å². The van der Waals surface area contributed by atoms with Crippen molar-refractivity contribution < 1.29 is 23.9 Å². The molecule has 0 aromatic heterocycles. The van der Waals surface area contributed by atoms with Gasteiger partial charge in [-0.15, -0.1) is 0 Å². The van der Waals surface area contributed by atoms with Crippen LogP contribution in [0.3, 0.4) is 0 Å². The molecular weight excluding hydrogens is 428 g/mol. The Labute approximate surface area is 184 Å². The van der Waals surface area contributed by atoms with E-state index in [1.54, 1.807) is 29.2 Å². The highest BCUT2D eigenvalue weighted by Crippen LogP contribution is 2.39. The highest BCUT2D eigenvalue weighted by molar-refractivity contribution is 8.18. The number of benzene rings is 1. The van der Waals surface area contributed by atoms with Crippen molar-refractivity contribution in [2.24, 2.45) is 0 Å². The van der Waals surface area contributed by atoms with E-state index in [9.17, 15) is 14.4 Å². The minimum Gasteiger partial charge on any atom is -0.490 e. The highest BCUT2D eigenvalue weighted by Gasteiger charge is 2.37. The average Bonchev–Trinajstić information content (AvgIpc) is 3.33. The summed E-state index contributed by atoms with van der Waals surface area (Å²) in [4.78, 5) is 40.3. The van der Waals surface area contributed by atoms with Crippen LogP contribution >= 0.6 is 23.4 Å². The fourth-order valence-electron chi connectivity index (χ4n) is 3.21. The summed E-state index contributed by atoms with van der Waals surface area (Å²) < 4.78 is 11.2. The first-order valence-corrected chi connectivity index (χ1v) is 10.9. The van der Waals surface area contributed by atoms with Gasteiger partial charge in [0.15, 0.2) is 11.5 Å². The molecule has 2 heterocycles. The normalized spacial score (nSPS) is 17.7. The van der Waals surface area contributed by atoms with Gasteiger partial charge in [-0.25, -0.2) is 0 Å². The second-order valence-electron chi connectivity index (χ2n) is 6.72. The number of amides is 3. The van der Waals surface area contributed by atoms with E-state index in [0.717, 1.165) is 29.5 Å². The minimum atomic E-state index is -0.487. The van der Waals surface area contributed by atoms with Crippen LogP contribution < -0.4 is 9.47 Å². The summed E-state index contributed by atoms with van der Waals surface area (Å²) in [6.45, 7) is 7.22. The molecule has 0 atom stereocenters. The summed E-state index contributed by atoms with van der Waals surface area (Å²) in [6.07, 6.45) is 5.06. The van der Waals surface area contributed by atoms with Crippen LogP contribution in [-0.4, -0.2) is 59.7 Å². The van der Waals surface area contributed by atoms with Crippen molar-refractivity contribution in [3.8, 4) is 11.5 Å². The lowest BCUT2D eigenvalue weighted by atomic mass is 10.1. The van der Waals surface area contributed by atoms with Crippen molar-refractivity contribution in [1.82, 2.24) is 9.80 Å². The van der Waals surface area contributed by atoms with E-state index in [0.29, 0.717) is 41.8 Å². The maximum atomic E-state index is 12.7. The number of likely N-dealkylation sites (tertiary alicyclic amines) is 1. The molecule has 0 bridgehead atoms. The number of rotatable bonds is 8. The third-order valence-corrected chi connectivity index (χ3v) is 5.79. The first-order chi connectivity index (χ1) is 14.4. The largest absolute Gasteiger partial charge is 0.490 e. The Morgan fingerprint density at radius 3 is 2.67 bits per heavy atom. The molecule has 0 N–H and O–H groups in total. The Morgan fingerprint density at radius 2 is 2.00 bits per heavy atom. The smallest absolute Gasteiger partial charge is 0.294 e. The summed E-state index contributed by atoms with van der Waals surface area (Å²) >= 11 is 7.14. The third-order valence-electron chi connectivity index (χ3n) is 4.60. The van der Waals surface area contributed by atoms with Crippen molar-refractivity contribution >= 4 is 46.5 Å². The molecule has 30 heavy (non-hydrogen) atoms. The second-order valence-corrected chi connectivity index (χ2v) is 8.12. The molecular formula is C21H23ClN2O5S. The second kappa shape index (κ2) is 10.0. The van der Waals surface area contributed by atoms with Crippen LogP contribution in [0.25, 0.3) is 6.08 Å². The summed E-state index contributed by atoms with van der Waals surface area (Å²) in [5, 5.41) is -0.140. The molecule has 0 saturated carbocycles. The molecule has 2 fully saturated rings.